The molecule has 148 valence electrons. The number of hydrogen-bond donors (Lipinski definition) is 1. The van der Waals surface area contributed by atoms with E-state index in [0.717, 1.165) is 6.07 Å². The Kier molecular flexibility index (Phi) is 5.16. The van der Waals surface area contributed by atoms with E-state index in [-0.39, 0.29) is 32.7 Å². The molecule has 0 aliphatic carbocycles. The molecule has 6 nitrogen and oxygen atoms in total. The highest BCUT2D eigenvalue weighted by molar-refractivity contribution is 7.94. The van der Waals surface area contributed by atoms with E-state index in [1.807, 2.05) is 0 Å². The number of sulfonamides is 1. The molecular weight excluding hydrogens is 430 g/mol. The Morgan fingerprint density at radius 2 is 1.82 bits per heavy atom. The van der Waals surface area contributed by atoms with Gasteiger partial charge >= 0.3 is 0 Å². The molecule has 1 aliphatic rings. The topological polar surface area (TPSA) is 83.6 Å². The summed E-state index contributed by atoms with van der Waals surface area (Å²) in [5, 5.41) is 2.39. The third kappa shape index (κ3) is 3.72. The Hall–Kier alpha value is -2.16. The van der Waals surface area contributed by atoms with Crippen LogP contribution in [0.4, 0.5) is 15.8 Å². The van der Waals surface area contributed by atoms with Gasteiger partial charge in [-0.2, -0.15) is 0 Å². The van der Waals surface area contributed by atoms with Crippen molar-refractivity contribution in [1.29, 1.82) is 0 Å². The smallest absolute Gasteiger partial charge is 0.257 e. The maximum atomic E-state index is 13.3. The summed E-state index contributed by atoms with van der Waals surface area (Å²) in [4.78, 5) is 25.1. The van der Waals surface area contributed by atoms with Crippen LogP contribution in [0.3, 0.4) is 0 Å². The molecule has 0 radical (unpaired) electrons. The number of hydrogen-bond acceptors (Lipinski definition) is 4. The van der Waals surface area contributed by atoms with Gasteiger partial charge in [0.2, 0.25) is 15.9 Å². The first-order valence-electron chi connectivity index (χ1n) is 8.06. The highest BCUT2D eigenvalue weighted by Crippen LogP contribution is 2.37. The summed E-state index contributed by atoms with van der Waals surface area (Å²) in [6.45, 7) is 3.07. The van der Waals surface area contributed by atoms with Crippen molar-refractivity contribution in [2.45, 2.75) is 13.8 Å². The first kappa shape index (κ1) is 20.6. The van der Waals surface area contributed by atoms with Gasteiger partial charge in [0.25, 0.3) is 5.91 Å². The van der Waals surface area contributed by atoms with Crippen LogP contribution in [0.15, 0.2) is 36.4 Å². The fourth-order valence-corrected chi connectivity index (χ4v) is 5.33. The molecule has 2 amide bonds. The second-order valence-corrected chi connectivity index (χ2v) is 9.59. The van der Waals surface area contributed by atoms with Gasteiger partial charge in [-0.15, -0.1) is 0 Å². The molecule has 10 heteroatoms. The molecule has 1 fully saturated rings. The zero-order chi connectivity index (χ0) is 20.9. The van der Waals surface area contributed by atoms with Gasteiger partial charge in [-0.25, -0.2) is 17.1 Å². The van der Waals surface area contributed by atoms with Crippen molar-refractivity contribution in [3.63, 3.8) is 0 Å². The first-order valence-corrected chi connectivity index (χ1v) is 10.4. The molecule has 1 N–H and O–H groups in total. The molecule has 1 saturated heterocycles. The second kappa shape index (κ2) is 7.02. The average molecular weight is 445 g/mol. The number of rotatable bonds is 3. The summed E-state index contributed by atoms with van der Waals surface area (Å²) < 4.78 is 38.8. The average Bonchev–Trinajstić information content (AvgIpc) is 2.75. The second-order valence-electron chi connectivity index (χ2n) is 6.96. The summed E-state index contributed by atoms with van der Waals surface area (Å²) in [6, 6.07) is 7.53. The van der Waals surface area contributed by atoms with Gasteiger partial charge in [-0.3, -0.25) is 9.59 Å². The summed E-state index contributed by atoms with van der Waals surface area (Å²) in [6.07, 6.45) is 0. The van der Waals surface area contributed by atoms with Crippen LogP contribution in [0.1, 0.15) is 24.2 Å². The molecule has 3 rings (SSSR count). The lowest BCUT2D eigenvalue weighted by Gasteiger charge is -2.18. The minimum absolute atomic E-state index is 0.0160. The molecule has 28 heavy (non-hydrogen) atoms. The SMILES string of the molecule is CC1(C)CS(=O)(=O)N(c2ccc(Cl)c(C(=O)Nc3ccc(F)c(Cl)c3)c2)C1=O. The Morgan fingerprint density at radius 1 is 1.14 bits per heavy atom. The predicted octanol–water partition coefficient (Wildman–Crippen LogP) is 4.09. The highest BCUT2D eigenvalue weighted by atomic mass is 35.5. The van der Waals surface area contributed by atoms with Crippen molar-refractivity contribution >= 4 is 56.4 Å². The lowest BCUT2D eigenvalue weighted by Crippen LogP contribution is -2.33. The number of carbonyl (C=O) groups is 2. The molecule has 2 aromatic rings. The Labute approximate surface area is 171 Å². The first-order chi connectivity index (χ1) is 12.9. The standard InChI is InChI=1S/C18H15Cl2FN2O4S/c1-18(2)9-28(26,27)23(17(18)25)11-4-5-13(19)12(8-11)16(24)22-10-3-6-15(21)14(20)7-10/h3-8H,9H2,1-2H3,(H,22,24). The van der Waals surface area contributed by atoms with Crippen molar-refractivity contribution in [3.05, 3.63) is 57.8 Å². The molecule has 0 atom stereocenters. The third-order valence-corrected chi connectivity index (χ3v) is 6.83. The van der Waals surface area contributed by atoms with E-state index in [0.29, 0.717) is 4.31 Å². The van der Waals surface area contributed by atoms with Gasteiger partial charge in [-0.1, -0.05) is 23.2 Å². The van der Waals surface area contributed by atoms with Gasteiger partial charge in [0, 0.05) is 5.69 Å². The summed E-state index contributed by atoms with van der Waals surface area (Å²) in [5.74, 6) is -2.23. The van der Waals surface area contributed by atoms with Crippen molar-refractivity contribution in [1.82, 2.24) is 0 Å². The Bertz CT molecular complexity index is 1100. The van der Waals surface area contributed by atoms with Crippen molar-refractivity contribution in [2.24, 2.45) is 5.41 Å². The fraction of sp³-hybridized carbons (Fsp3) is 0.222. The third-order valence-electron chi connectivity index (χ3n) is 4.19. The van der Waals surface area contributed by atoms with Crippen molar-refractivity contribution < 1.29 is 22.4 Å². The summed E-state index contributed by atoms with van der Waals surface area (Å²) >= 11 is 11.8. The van der Waals surface area contributed by atoms with Crippen molar-refractivity contribution in [2.75, 3.05) is 15.4 Å². The number of nitrogens with zero attached hydrogens (tertiary/aromatic N) is 1. The molecular formula is C18H15Cl2FN2O4S. The molecule has 1 heterocycles. The van der Waals surface area contributed by atoms with E-state index in [4.69, 9.17) is 23.2 Å². The zero-order valence-electron chi connectivity index (χ0n) is 14.8. The largest absolute Gasteiger partial charge is 0.322 e. The van der Waals surface area contributed by atoms with E-state index in [9.17, 15) is 22.4 Å². The number of benzene rings is 2. The maximum Gasteiger partial charge on any atom is 0.257 e. The number of amides is 2. The van der Waals surface area contributed by atoms with Crippen LogP contribution in [0.25, 0.3) is 0 Å². The molecule has 0 bridgehead atoms. The lowest BCUT2D eigenvalue weighted by atomic mass is 9.95. The minimum atomic E-state index is -3.87. The van der Waals surface area contributed by atoms with Crippen LogP contribution in [-0.2, 0) is 14.8 Å². The number of carbonyl (C=O) groups excluding carboxylic acids is 2. The van der Waals surface area contributed by atoms with E-state index in [1.165, 1.54) is 44.2 Å². The van der Waals surface area contributed by atoms with Gasteiger partial charge < -0.3 is 5.32 Å². The zero-order valence-corrected chi connectivity index (χ0v) is 17.1. The predicted molar refractivity (Wildman–Crippen MR) is 106 cm³/mol. The Balaban J connectivity index is 1.97. The van der Waals surface area contributed by atoms with Crippen LogP contribution in [0.5, 0.6) is 0 Å². The summed E-state index contributed by atoms with van der Waals surface area (Å²) in [5.41, 5.74) is -0.885. The maximum absolute atomic E-state index is 13.3. The van der Waals surface area contributed by atoms with Gasteiger partial charge in [0.1, 0.15) is 5.82 Å². The van der Waals surface area contributed by atoms with Gasteiger partial charge in [0.05, 0.1) is 32.5 Å². The normalized spacial score (nSPS) is 17.6. The van der Waals surface area contributed by atoms with Crippen molar-refractivity contribution in [3.8, 4) is 0 Å². The summed E-state index contributed by atoms with van der Waals surface area (Å²) in [7, 11) is -3.87. The molecule has 0 saturated carbocycles. The monoisotopic (exact) mass is 444 g/mol. The molecule has 0 spiro atoms. The quantitative estimate of drug-likeness (QED) is 0.772. The molecule has 0 unspecified atom stereocenters. The van der Waals surface area contributed by atoms with Gasteiger partial charge in [0.15, 0.2) is 0 Å². The van der Waals surface area contributed by atoms with Crippen LogP contribution >= 0.6 is 23.2 Å². The Morgan fingerprint density at radius 3 is 2.39 bits per heavy atom. The van der Waals surface area contributed by atoms with E-state index in [1.54, 1.807) is 0 Å². The van der Waals surface area contributed by atoms with Crippen LogP contribution in [0.2, 0.25) is 10.0 Å². The number of halogens is 3. The van der Waals surface area contributed by atoms with Crippen LogP contribution in [0, 0.1) is 11.2 Å². The minimum Gasteiger partial charge on any atom is -0.322 e. The van der Waals surface area contributed by atoms with Crippen LogP contribution < -0.4 is 9.62 Å². The van der Waals surface area contributed by atoms with E-state index in [2.05, 4.69) is 5.32 Å². The number of nitrogens with one attached hydrogen (secondary N) is 1. The molecule has 1 aliphatic heterocycles. The van der Waals surface area contributed by atoms with E-state index >= 15 is 0 Å². The number of anilines is 2. The van der Waals surface area contributed by atoms with Crippen LogP contribution in [-0.4, -0.2) is 26.0 Å². The lowest BCUT2D eigenvalue weighted by molar-refractivity contribution is -0.123. The fourth-order valence-electron chi connectivity index (χ4n) is 2.85. The van der Waals surface area contributed by atoms with Gasteiger partial charge in [-0.05, 0) is 50.2 Å². The molecule has 2 aromatic carbocycles. The highest BCUT2D eigenvalue weighted by Gasteiger charge is 2.50. The van der Waals surface area contributed by atoms with E-state index < -0.39 is 33.1 Å². The molecule has 0 aromatic heterocycles.